The van der Waals surface area contributed by atoms with Crippen LogP contribution >= 0.6 is 11.6 Å². The summed E-state index contributed by atoms with van der Waals surface area (Å²) in [6, 6.07) is 14.2. The third-order valence-corrected chi connectivity index (χ3v) is 4.13. The van der Waals surface area contributed by atoms with Crippen LogP contribution in [-0.4, -0.2) is 15.0 Å². The van der Waals surface area contributed by atoms with Gasteiger partial charge in [0.1, 0.15) is 11.8 Å². The van der Waals surface area contributed by atoms with Crippen LogP contribution < -0.4 is 9.46 Å². The first-order valence-corrected chi connectivity index (χ1v) is 7.76. The van der Waals surface area contributed by atoms with Gasteiger partial charge in [0.25, 0.3) is 10.0 Å². The van der Waals surface area contributed by atoms with Crippen LogP contribution in [-0.2, 0) is 10.0 Å². The molecule has 0 bridgehead atoms. The predicted octanol–water partition coefficient (Wildman–Crippen LogP) is 3.04. The fourth-order valence-electron chi connectivity index (χ4n) is 1.62. The second-order valence-corrected chi connectivity index (χ2v) is 6.12. The molecule has 0 aliphatic rings. The monoisotopic (exact) mass is 322 g/mol. The molecule has 0 saturated carbocycles. The molecule has 108 valence electrons. The van der Waals surface area contributed by atoms with Gasteiger partial charge >= 0.3 is 0 Å². The maximum atomic E-state index is 12.3. The summed E-state index contributed by atoms with van der Waals surface area (Å²) in [5.41, 5.74) is 0.257. The first kappa shape index (κ1) is 15.2. The highest BCUT2D eigenvalue weighted by molar-refractivity contribution is 7.92. The van der Waals surface area contributed by atoms with Crippen molar-refractivity contribution < 1.29 is 13.2 Å². The Morgan fingerprint density at radius 1 is 1.19 bits per heavy atom. The lowest BCUT2D eigenvalue weighted by Crippen LogP contribution is -2.13. The number of nitrogens with one attached hydrogen (secondary N) is 1. The van der Waals surface area contributed by atoms with Gasteiger partial charge in [0.15, 0.2) is 6.61 Å². The van der Waals surface area contributed by atoms with E-state index in [2.05, 4.69) is 4.72 Å². The summed E-state index contributed by atoms with van der Waals surface area (Å²) in [7, 11) is -3.78. The lowest BCUT2D eigenvalue weighted by atomic mass is 10.3. The van der Waals surface area contributed by atoms with Crippen molar-refractivity contribution in [3.05, 3.63) is 53.6 Å². The van der Waals surface area contributed by atoms with Gasteiger partial charge in [-0.3, -0.25) is 4.72 Å². The molecule has 7 heteroatoms. The average molecular weight is 323 g/mol. The van der Waals surface area contributed by atoms with Crippen LogP contribution in [0.3, 0.4) is 0 Å². The molecule has 0 amide bonds. The average Bonchev–Trinajstić information content (AvgIpc) is 2.46. The van der Waals surface area contributed by atoms with E-state index in [1.807, 2.05) is 6.07 Å². The molecule has 0 aromatic heterocycles. The molecular formula is C14H11ClN2O3S. The highest BCUT2D eigenvalue weighted by Crippen LogP contribution is 2.27. The summed E-state index contributed by atoms with van der Waals surface area (Å²) in [6.45, 7) is -0.171. The zero-order chi connectivity index (χ0) is 15.3. The fourth-order valence-corrected chi connectivity index (χ4v) is 3.00. The lowest BCUT2D eigenvalue weighted by Gasteiger charge is -2.12. The smallest absolute Gasteiger partial charge is 0.262 e. The summed E-state index contributed by atoms with van der Waals surface area (Å²) < 4.78 is 32.2. The van der Waals surface area contributed by atoms with Gasteiger partial charge in [-0.05, 0) is 30.3 Å². The fraction of sp³-hybridized carbons (Fsp3) is 0.0714. The van der Waals surface area contributed by atoms with Crippen molar-refractivity contribution >= 4 is 27.3 Å². The Morgan fingerprint density at radius 2 is 1.95 bits per heavy atom. The molecule has 0 fully saturated rings. The second-order valence-electron chi connectivity index (χ2n) is 4.01. The van der Waals surface area contributed by atoms with E-state index >= 15 is 0 Å². The SMILES string of the molecule is N#CCOc1ccccc1NS(=O)(=O)c1cccc(Cl)c1. The summed E-state index contributed by atoms with van der Waals surface area (Å²) in [4.78, 5) is 0.0464. The highest BCUT2D eigenvalue weighted by atomic mass is 35.5. The van der Waals surface area contributed by atoms with Crippen LogP contribution in [0.5, 0.6) is 5.75 Å². The minimum Gasteiger partial charge on any atom is -0.477 e. The molecule has 2 rings (SSSR count). The number of rotatable bonds is 5. The zero-order valence-electron chi connectivity index (χ0n) is 10.8. The maximum Gasteiger partial charge on any atom is 0.262 e. The number of sulfonamides is 1. The van der Waals surface area contributed by atoms with Gasteiger partial charge in [0, 0.05) is 5.02 Å². The molecule has 2 aromatic rings. The molecule has 21 heavy (non-hydrogen) atoms. The number of para-hydroxylation sites is 2. The molecular weight excluding hydrogens is 312 g/mol. The molecule has 0 radical (unpaired) electrons. The van der Waals surface area contributed by atoms with Crippen molar-refractivity contribution in [3.8, 4) is 11.8 Å². The Labute approximate surface area is 127 Å². The Kier molecular flexibility index (Phi) is 4.68. The van der Waals surface area contributed by atoms with Crippen molar-refractivity contribution in [2.45, 2.75) is 4.90 Å². The number of nitriles is 1. The topological polar surface area (TPSA) is 79.2 Å². The molecule has 1 N–H and O–H groups in total. The zero-order valence-corrected chi connectivity index (χ0v) is 12.4. The molecule has 0 heterocycles. The van der Waals surface area contributed by atoms with Crippen LogP contribution in [0.25, 0.3) is 0 Å². The van der Waals surface area contributed by atoms with E-state index in [0.717, 1.165) is 0 Å². The maximum absolute atomic E-state index is 12.3. The van der Waals surface area contributed by atoms with Crippen LogP contribution in [0.15, 0.2) is 53.4 Å². The first-order valence-electron chi connectivity index (χ1n) is 5.90. The molecule has 0 aliphatic carbocycles. The Balaban J connectivity index is 2.31. The largest absolute Gasteiger partial charge is 0.477 e. The van der Waals surface area contributed by atoms with Crippen molar-refractivity contribution in [2.24, 2.45) is 0 Å². The minimum atomic E-state index is -3.78. The van der Waals surface area contributed by atoms with Gasteiger partial charge in [0.05, 0.1) is 10.6 Å². The van der Waals surface area contributed by atoms with Gasteiger partial charge < -0.3 is 4.74 Å². The number of benzene rings is 2. The van der Waals surface area contributed by atoms with Crippen LogP contribution in [0.4, 0.5) is 5.69 Å². The number of hydrogen-bond donors (Lipinski definition) is 1. The summed E-state index contributed by atoms with van der Waals surface area (Å²) in [5, 5.41) is 8.86. The van der Waals surface area contributed by atoms with Crippen LogP contribution in [0.2, 0.25) is 5.02 Å². The lowest BCUT2D eigenvalue weighted by molar-refractivity contribution is 0.370. The van der Waals surface area contributed by atoms with E-state index in [4.69, 9.17) is 21.6 Å². The van der Waals surface area contributed by atoms with Gasteiger partial charge in [-0.25, -0.2) is 8.42 Å². The molecule has 0 atom stereocenters. The molecule has 0 spiro atoms. The van der Waals surface area contributed by atoms with Gasteiger partial charge in [0.2, 0.25) is 0 Å². The standard InChI is InChI=1S/C14H11ClN2O3S/c15-11-4-3-5-12(10-11)21(18,19)17-13-6-1-2-7-14(13)20-9-8-16/h1-7,10,17H,9H2. The minimum absolute atomic E-state index is 0.0464. The number of ether oxygens (including phenoxy) is 1. The molecule has 2 aromatic carbocycles. The normalized spacial score (nSPS) is 10.7. The molecule has 0 unspecified atom stereocenters. The van der Waals surface area contributed by atoms with E-state index in [1.54, 1.807) is 36.4 Å². The quantitative estimate of drug-likeness (QED) is 0.917. The third kappa shape index (κ3) is 3.88. The number of nitrogens with zero attached hydrogens (tertiary/aromatic N) is 1. The summed E-state index contributed by atoms with van der Waals surface area (Å²) in [5.74, 6) is 0.282. The van der Waals surface area contributed by atoms with E-state index in [-0.39, 0.29) is 22.9 Å². The van der Waals surface area contributed by atoms with Gasteiger partial charge in [-0.1, -0.05) is 29.8 Å². The van der Waals surface area contributed by atoms with Crippen molar-refractivity contribution in [1.29, 1.82) is 5.26 Å². The van der Waals surface area contributed by atoms with E-state index < -0.39 is 10.0 Å². The van der Waals surface area contributed by atoms with Crippen molar-refractivity contribution in [3.63, 3.8) is 0 Å². The Hall–Kier alpha value is -2.23. The van der Waals surface area contributed by atoms with E-state index in [9.17, 15) is 8.42 Å². The highest BCUT2D eigenvalue weighted by Gasteiger charge is 2.16. The summed E-state index contributed by atoms with van der Waals surface area (Å²) >= 11 is 5.80. The summed E-state index contributed by atoms with van der Waals surface area (Å²) in [6.07, 6.45) is 0. The van der Waals surface area contributed by atoms with Crippen molar-refractivity contribution in [1.82, 2.24) is 0 Å². The van der Waals surface area contributed by atoms with Crippen molar-refractivity contribution in [2.75, 3.05) is 11.3 Å². The number of halogens is 1. The Bertz CT molecular complexity index is 785. The number of anilines is 1. The molecule has 5 nitrogen and oxygen atoms in total. The molecule has 0 aliphatic heterocycles. The third-order valence-electron chi connectivity index (χ3n) is 2.53. The molecule has 0 saturated heterocycles. The first-order chi connectivity index (χ1) is 10.0. The van der Waals surface area contributed by atoms with Crippen LogP contribution in [0, 0.1) is 11.3 Å². The van der Waals surface area contributed by atoms with Gasteiger partial charge in [-0.15, -0.1) is 0 Å². The second kappa shape index (κ2) is 6.48. The number of hydrogen-bond acceptors (Lipinski definition) is 4. The Morgan fingerprint density at radius 3 is 2.67 bits per heavy atom. The predicted molar refractivity (Wildman–Crippen MR) is 79.8 cm³/mol. The van der Waals surface area contributed by atoms with E-state index in [0.29, 0.717) is 5.02 Å². The van der Waals surface area contributed by atoms with Gasteiger partial charge in [-0.2, -0.15) is 5.26 Å². The van der Waals surface area contributed by atoms with Crippen LogP contribution in [0.1, 0.15) is 0 Å². The van der Waals surface area contributed by atoms with E-state index in [1.165, 1.54) is 12.1 Å².